The first-order valence-electron chi connectivity index (χ1n) is 25.4. The molecule has 3 aromatic heterocycles. The van der Waals surface area contributed by atoms with E-state index in [2.05, 4.69) is 243 Å². The van der Waals surface area contributed by atoms with Gasteiger partial charge in [0.25, 0.3) is 0 Å². The molecule has 0 radical (unpaired) electrons. The summed E-state index contributed by atoms with van der Waals surface area (Å²) in [4.78, 5) is 10.9. The van der Waals surface area contributed by atoms with Crippen molar-refractivity contribution >= 4 is 54.5 Å². The average molecular weight is 950 g/mol. The lowest BCUT2D eigenvalue weighted by molar-refractivity contribution is 0.446. The van der Waals surface area contributed by atoms with Crippen LogP contribution in [0.4, 0.5) is 0 Å². The highest BCUT2D eigenvalue weighted by Crippen LogP contribution is 2.48. The molecule has 12 aromatic rings. The number of pyridine rings is 1. The molecule has 0 spiro atoms. The summed E-state index contributed by atoms with van der Waals surface area (Å²) < 4.78 is 9.34. The van der Waals surface area contributed by atoms with Crippen LogP contribution < -0.4 is 0 Å². The van der Waals surface area contributed by atoms with Crippen molar-refractivity contribution in [2.45, 2.75) is 78.6 Å². The second-order valence-corrected chi connectivity index (χ2v) is 22.8. The van der Waals surface area contributed by atoms with Crippen LogP contribution in [0.3, 0.4) is 0 Å². The Labute approximate surface area is 427 Å². The van der Waals surface area contributed by atoms with E-state index in [-0.39, 0.29) is 22.0 Å². The molecule has 0 aliphatic heterocycles. The molecule has 12 rings (SSSR count). The number of phenolic OH excluding ortho intramolecular Hbond substituents is 1. The van der Waals surface area contributed by atoms with Gasteiger partial charge in [-0.2, -0.15) is 0 Å². The molecule has 0 atom stereocenters. The molecule has 0 saturated heterocycles. The first-order chi connectivity index (χ1) is 35.0. The maximum Gasteiger partial charge on any atom is 0.149 e. The SMILES string of the molecule is CC(C)(C)c1ccc(-n2c(-c3cc(C(C)(C)C)cc(C(C)(C)C)c3O)nc3c(-c4cc(-c5cc(-c6ccccc6)ccn5)c5oc6ccc7ccc8ccccc8c7c6c5c4)cccc32)c(-c2ccccc2)c1. The van der Waals surface area contributed by atoms with Crippen molar-refractivity contribution in [3.63, 3.8) is 0 Å². The fourth-order valence-electron chi connectivity index (χ4n) is 10.8. The molecule has 358 valence electrons. The number of rotatable bonds is 6. The summed E-state index contributed by atoms with van der Waals surface area (Å²) in [5.74, 6) is 0.908. The Morgan fingerprint density at radius 3 is 1.89 bits per heavy atom. The quantitative estimate of drug-likeness (QED) is 0.169. The van der Waals surface area contributed by atoms with Gasteiger partial charge in [-0.3, -0.25) is 9.55 Å². The largest absolute Gasteiger partial charge is 0.507 e. The number of para-hydroxylation sites is 1. The molecule has 0 saturated carbocycles. The van der Waals surface area contributed by atoms with Gasteiger partial charge in [0, 0.05) is 44.6 Å². The van der Waals surface area contributed by atoms with Crippen LogP contribution in [0.1, 0.15) is 79.0 Å². The van der Waals surface area contributed by atoms with Gasteiger partial charge in [-0.05, 0) is 120 Å². The van der Waals surface area contributed by atoms with Crippen LogP contribution in [0.5, 0.6) is 5.75 Å². The Balaban J connectivity index is 1.21. The lowest BCUT2D eigenvalue weighted by atomic mass is 9.79. The predicted octanol–water partition coefficient (Wildman–Crippen LogP) is 18.6. The van der Waals surface area contributed by atoms with E-state index in [0.717, 1.165) is 105 Å². The van der Waals surface area contributed by atoms with Crippen molar-refractivity contribution in [1.29, 1.82) is 0 Å². The standard InChI is InChI=1S/C68H59N3O2/c1-66(2,3)47-30-31-57(51(38-47)42-21-14-11-15-22-42)71-58-26-18-25-50(62(58)70-65(71)54-39-48(67(4,5)6)40-55(63(54)72)68(7,8)9)46-35-52(56-37-45(33-34-69-56)41-19-12-10-13-20-41)64-53(36-46)61-59(73-64)32-29-44-28-27-43-23-16-17-24-49(43)60(44)61/h10-40,72H,1-9H3. The first kappa shape index (κ1) is 45.8. The van der Waals surface area contributed by atoms with Gasteiger partial charge in [-0.15, -0.1) is 0 Å². The summed E-state index contributed by atoms with van der Waals surface area (Å²) in [6.45, 7) is 20.0. The van der Waals surface area contributed by atoms with E-state index in [1.54, 1.807) is 0 Å². The van der Waals surface area contributed by atoms with Gasteiger partial charge < -0.3 is 9.52 Å². The van der Waals surface area contributed by atoms with Gasteiger partial charge in [0.15, 0.2) is 0 Å². The van der Waals surface area contributed by atoms with Crippen LogP contribution in [0.25, 0.3) is 116 Å². The number of imidazole rings is 1. The van der Waals surface area contributed by atoms with Crippen LogP contribution in [-0.4, -0.2) is 19.6 Å². The lowest BCUT2D eigenvalue weighted by Gasteiger charge is -2.28. The summed E-state index contributed by atoms with van der Waals surface area (Å²) >= 11 is 0. The molecule has 0 bridgehead atoms. The molecule has 9 aromatic carbocycles. The van der Waals surface area contributed by atoms with E-state index in [9.17, 15) is 5.11 Å². The molecule has 0 aliphatic rings. The summed E-state index contributed by atoms with van der Waals surface area (Å²) in [6, 6.07) is 64.9. The van der Waals surface area contributed by atoms with Crippen LogP contribution in [-0.2, 0) is 16.2 Å². The molecule has 0 unspecified atom stereocenters. The van der Waals surface area contributed by atoms with Gasteiger partial charge in [0.2, 0.25) is 0 Å². The highest BCUT2D eigenvalue weighted by atomic mass is 16.3. The number of aromatic nitrogens is 3. The van der Waals surface area contributed by atoms with Gasteiger partial charge >= 0.3 is 0 Å². The minimum Gasteiger partial charge on any atom is -0.507 e. The van der Waals surface area contributed by atoms with Crippen LogP contribution in [0.2, 0.25) is 0 Å². The molecule has 0 fully saturated rings. The molecule has 0 aliphatic carbocycles. The van der Waals surface area contributed by atoms with E-state index in [4.69, 9.17) is 14.4 Å². The van der Waals surface area contributed by atoms with Crippen molar-refractivity contribution < 1.29 is 9.52 Å². The molecule has 3 heterocycles. The Morgan fingerprint density at radius 2 is 1.15 bits per heavy atom. The molecule has 5 nitrogen and oxygen atoms in total. The number of nitrogens with zero attached hydrogens (tertiary/aromatic N) is 3. The molecule has 1 N–H and O–H groups in total. The van der Waals surface area contributed by atoms with Gasteiger partial charge in [0.05, 0.1) is 28.0 Å². The second-order valence-electron chi connectivity index (χ2n) is 22.8. The van der Waals surface area contributed by atoms with Crippen molar-refractivity contribution in [3.05, 3.63) is 205 Å². The molecular formula is C68H59N3O2. The van der Waals surface area contributed by atoms with Gasteiger partial charge in [0.1, 0.15) is 22.7 Å². The monoisotopic (exact) mass is 949 g/mol. The van der Waals surface area contributed by atoms with Crippen molar-refractivity contribution in [2.24, 2.45) is 0 Å². The van der Waals surface area contributed by atoms with Gasteiger partial charge in [-0.25, -0.2) is 4.98 Å². The summed E-state index contributed by atoms with van der Waals surface area (Å²) in [7, 11) is 0. The number of hydrogen-bond acceptors (Lipinski definition) is 4. The van der Waals surface area contributed by atoms with Crippen LogP contribution in [0.15, 0.2) is 193 Å². The first-order valence-corrected chi connectivity index (χ1v) is 25.4. The lowest BCUT2D eigenvalue weighted by Crippen LogP contribution is -2.17. The van der Waals surface area contributed by atoms with Crippen molar-refractivity contribution in [1.82, 2.24) is 14.5 Å². The van der Waals surface area contributed by atoms with Gasteiger partial charge in [-0.1, -0.05) is 190 Å². The van der Waals surface area contributed by atoms with E-state index in [0.29, 0.717) is 11.4 Å². The van der Waals surface area contributed by atoms with Crippen LogP contribution in [0, 0.1) is 0 Å². The minimum absolute atomic E-state index is 0.101. The maximum absolute atomic E-state index is 12.7. The zero-order valence-electron chi connectivity index (χ0n) is 43.1. The summed E-state index contributed by atoms with van der Waals surface area (Å²) in [5.41, 5.74) is 15.6. The van der Waals surface area contributed by atoms with Crippen molar-refractivity contribution in [3.8, 4) is 67.5 Å². The summed E-state index contributed by atoms with van der Waals surface area (Å²) in [6.07, 6.45) is 1.90. The predicted molar refractivity (Wildman–Crippen MR) is 306 cm³/mol. The number of phenols is 1. The number of fused-ring (bicyclic) bond motifs is 8. The molecule has 73 heavy (non-hydrogen) atoms. The zero-order chi connectivity index (χ0) is 50.6. The van der Waals surface area contributed by atoms with Crippen LogP contribution >= 0.6 is 0 Å². The second kappa shape index (κ2) is 16.9. The number of benzene rings is 9. The molecule has 5 heteroatoms. The highest BCUT2D eigenvalue weighted by Gasteiger charge is 2.30. The van der Waals surface area contributed by atoms with E-state index in [1.807, 2.05) is 12.3 Å². The normalized spacial score (nSPS) is 12.5. The smallest absolute Gasteiger partial charge is 0.149 e. The third-order valence-electron chi connectivity index (χ3n) is 14.8. The van der Waals surface area contributed by atoms with E-state index in [1.165, 1.54) is 16.3 Å². The molecular weight excluding hydrogens is 891 g/mol. The third kappa shape index (κ3) is 7.86. The summed E-state index contributed by atoms with van der Waals surface area (Å²) in [5, 5.41) is 19.5. The number of aromatic hydroxyl groups is 1. The Bertz CT molecular complexity index is 4140. The fourth-order valence-corrected chi connectivity index (χ4v) is 10.8. The topological polar surface area (TPSA) is 64.1 Å². The highest BCUT2D eigenvalue weighted by molar-refractivity contribution is 6.28. The third-order valence-corrected chi connectivity index (χ3v) is 14.8. The Morgan fingerprint density at radius 1 is 0.466 bits per heavy atom. The average Bonchev–Trinajstić information content (AvgIpc) is 3.97. The Kier molecular flexibility index (Phi) is 10.6. The van der Waals surface area contributed by atoms with E-state index >= 15 is 0 Å². The fraction of sp³-hybridized carbons (Fsp3) is 0.176. The molecule has 0 amide bonds. The minimum atomic E-state index is -0.355. The number of furan rings is 1. The van der Waals surface area contributed by atoms with Crippen molar-refractivity contribution in [2.75, 3.05) is 0 Å². The van der Waals surface area contributed by atoms with E-state index < -0.39 is 0 Å². The Hall–Kier alpha value is -8.28. The number of hydrogen-bond donors (Lipinski definition) is 1. The maximum atomic E-state index is 12.7. The zero-order valence-corrected chi connectivity index (χ0v) is 43.1.